The second-order valence-electron chi connectivity index (χ2n) is 9.28. The minimum absolute atomic E-state index is 0.194. The third-order valence-corrected chi connectivity index (χ3v) is 6.83. The topological polar surface area (TPSA) is 71.4 Å². The molecule has 0 spiro atoms. The molecule has 2 aromatic carbocycles. The number of nitrogens with zero attached hydrogens (tertiary/aromatic N) is 1. The number of amides is 1. The molecule has 1 amide bonds. The number of H-pyrrole nitrogens is 1. The fourth-order valence-electron chi connectivity index (χ4n) is 4.86. The molecule has 3 N–H and O–H groups in total. The van der Waals surface area contributed by atoms with Gasteiger partial charge in [0.15, 0.2) is 6.23 Å². The van der Waals surface area contributed by atoms with E-state index in [2.05, 4.69) is 9.88 Å². The predicted octanol–water partition coefficient (Wildman–Crippen LogP) is 4.93. The maximum Gasteiger partial charge on any atom is 0.252 e. The number of carbonyl (C=O) groups excluding carboxylic acids is 1. The summed E-state index contributed by atoms with van der Waals surface area (Å²) >= 11 is 0. The van der Waals surface area contributed by atoms with E-state index in [1.54, 1.807) is 12.1 Å². The molecule has 2 aliphatic rings. The van der Waals surface area contributed by atoms with Crippen molar-refractivity contribution in [2.45, 2.75) is 51.2 Å². The van der Waals surface area contributed by atoms with Crippen molar-refractivity contribution >= 4 is 16.8 Å². The van der Waals surface area contributed by atoms with Crippen molar-refractivity contribution in [1.82, 2.24) is 9.88 Å². The fraction of sp³-hybridized carbons (Fsp3) is 0.423. The molecule has 174 valence electrons. The molecule has 1 aromatic heterocycles. The Morgan fingerprint density at radius 3 is 2.79 bits per heavy atom. The molecule has 1 saturated carbocycles. The first-order valence-electron chi connectivity index (χ1n) is 11.8. The normalized spacial score (nSPS) is 17.8. The molecule has 0 saturated heterocycles. The number of aryl methyl sites for hydroxylation is 1. The average Bonchev–Trinajstić information content (AvgIpc) is 3.54. The van der Waals surface area contributed by atoms with E-state index in [4.69, 9.17) is 10.5 Å². The van der Waals surface area contributed by atoms with Crippen molar-refractivity contribution < 1.29 is 18.3 Å². The van der Waals surface area contributed by atoms with Crippen LogP contribution in [-0.4, -0.2) is 35.1 Å². The minimum Gasteiger partial charge on any atom is -0.474 e. The van der Waals surface area contributed by atoms with Gasteiger partial charge in [-0.2, -0.15) is 0 Å². The first-order chi connectivity index (χ1) is 16.0. The van der Waals surface area contributed by atoms with Crippen molar-refractivity contribution in [1.29, 1.82) is 0 Å². The molecular formula is C26H29F2N3O2. The maximum atomic E-state index is 14.3. The molecule has 1 aliphatic heterocycles. The molecular weight excluding hydrogens is 424 g/mol. The maximum absolute atomic E-state index is 14.3. The quantitative estimate of drug-likeness (QED) is 0.451. The number of hydrogen-bond donors (Lipinski definition) is 2. The molecule has 0 radical (unpaired) electrons. The number of carbonyl (C=O) groups is 1. The molecule has 0 bridgehead atoms. The number of hydrogen-bond acceptors (Lipinski definition) is 3. The number of unbranched alkanes of at least 4 members (excludes halogenated alkanes) is 1. The molecule has 33 heavy (non-hydrogen) atoms. The van der Waals surface area contributed by atoms with Crippen LogP contribution in [0.15, 0.2) is 36.5 Å². The van der Waals surface area contributed by atoms with E-state index in [1.165, 1.54) is 31.0 Å². The van der Waals surface area contributed by atoms with Crippen LogP contribution in [0.1, 0.15) is 53.6 Å². The number of benzene rings is 2. The zero-order chi connectivity index (χ0) is 22.9. The number of rotatable bonds is 9. The van der Waals surface area contributed by atoms with Gasteiger partial charge in [-0.25, -0.2) is 8.78 Å². The summed E-state index contributed by atoms with van der Waals surface area (Å²) < 4.78 is 34.2. The number of nitrogens with two attached hydrogens (primary N) is 1. The van der Waals surface area contributed by atoms with E-state index in [0.29, 0.717) is 30.1 Å². The monoisotopic (exact) mass is 453 g/mol. The van der Waals surface area contributed by atoms with Gasteiger partial charge >= 0.3 is 0 Å². The highest BCUT2D eigenvalue weighted by Gasteiger charge is 2.33. The summed E-state index contributed by atoms with van der Waals surface area (Å²) in [5, 5.41) is 0.943. The summed E-state index contributed by atoms with van der Waals surface area (Å²) in [6, 6.07) is 7.53. The van der Waals surface area contributed by atoms with E-state index in [1.807, 2.05) is 6.20 Å². The van der Waals surface area contributed by atoms with E-state index in [0.717, 1.165) is 48.8 Å². The Balaban J connectivity index is 1.24. The second kappa shape index (κ2) is 9.14. The molecule has 3 aromatic rings. The van der Waals surface area contributed by atoms with Crippen LogP contribution in [0.2, 0.25) is 0 Å². The van der Waals surface area contributed by atoms with Gasteiger partial charge in [0, 0.05) is 42.2 Å². The second-order valence-corrected chi connectivity index (χ2v) is 9.28. The number of aromatic amines is 1. The summed E-state index contributed by atoms with van der Waals surface area (Å²) in [6.07, 6.45) is 8.22. The smallest absolute Gasteiger partial charge is 0.252 e. The van der Waals surface area contributed by atoms with Crippen LogP contribution < -0.4 is 10.5 Å². The Kier molecular flexibility index (Phi) is 6.06. The van der Waals surface area contributed by atoms with Gasteiger partial charge in [0.1, 0.15) is 17.4 Å². The highest BCUT2D eigenvalue weighted by atomic mass is 19.1. The van der Waals surface area contributed by atoms with Gasteiger partial charge in [-0.05, 0) is 80.3 Å². The van der Waals surface area contributed by atoms with Crippen molar-refractivity contribution in [3.05, 3.63) is 64.9 Å². The zero-order valence-electron chi connectivity index (χ0n) is 18.6. The molecule has 1 aliphatic carbocycles. The van der Waals surface area contributed by atoms with E-state index in [9.17, 15) is 13.6 Å². The van der Waals surface area contributed by atoms with Gasteiger partial charge < -0.3 is 15.5 Å². The molecule has 2 heterocycles. The third-order valence-electron chi connectivity index (χ3n) is 6.83. The van der Waals surface area contributed by atoms with Crippen molar-refractivity contribution in [3.63, 3.8) is 0 Å². The zero-order valence-corrected chi connectivity index (χ0v) is 18.6. The molecule has 7 heteroatoms. The molecule has 5 nitrogen and oxygen atoms in total. The lowest BCUT2D eigenvalue weighted by molar-refractivity contribution is 0.00412. The Labute approximate surface area is 191 Å². The average molecular weight is 454 g/mol. The molecule has 1 fully saturated rings. The molecule has 5 rings (SSSR count). The van der Waals surface area contributed by atoms with Gasteiger partial charge in [-0.1, -0.05) is 0 Å². The lowest BCUT2D eigenvalue weighted by Gasteiger charge is -2.36. The lowest BCUT2D eigenvalue weighted by atomic mass is 9.99. The SMILES string of the molecule is NC(=O)c1ccc(F)c2c1OC(N(CCCCc1c[nH]c3ccc(F)cc13)CC1CC1)CC2. The summed E-state index contributed by atoms with van der Waals surface area (Å²) in [5.74, 6) is -0.191. The minimum atomic E-state index is -0.601. The Morgan fingerprint density at radius 1 is 1.15 bits per heavy atom. The van der Waals surface area contributed by atoms with Crippen LogP contribution in [0.3, 0.4) is 0 Å². The van der Waals surface area contributed by atoms with Crippen LogP contribution in [0.5, 0.6) is 5.75 Å². The number of nitrogens with one attached hydrogen (secondary N) is 1. The highest BCUT2D eigenvalue weighted by molar-refractivity contribution is 5.96. The fourth-order valence-corrected chi connectivity index (χ4v) is 4.86. The summed E-state index contributed by atoms with van der Waals surface area (Å²) in [7, 11) is 0. The van der Waals surface area contributed by atoms with Gasteiger partial charge in [0.25, 0.3) is 5.91 Å². The number of primary amides is 1. The molecule has 1 unspecified atom stereocenters. The number of halogens is 2. The van der Waals surface area contributed by atoms with Crippen molar-refractivity contribution in [3.8, 4) is 5.75 Å². The number of fused-ring (bicyclic) bond motifs is 2. The predicted molar refractivity (Wildman–Crippen MR) is 123 cm³/mol. The van der Waals surface area contributed by atoms with E-state index >= 15 is 0 Å². The van der Waals surface area contributed by atoms with Crippen molar-refractivity contribution in [2.75, 3.05) is 13.1 Å². The number of ether oxygens (including phenoxy) is 1. The number of aromatic nitrogens is 1. The standard InChI is InChI=1S/C26H29F2N3O2/c27-18-6-10-23-21(13-18)17(14-30-23)3-1-2-12-31(15-16-4-5-16)24-11-8-19-22(28)9-7-20(26(29)32)25(19)33-24/h6-7,9-10,13-14,16,24,30H,1-5,8,11-12,15H2,(H2,29,32). The molecule has 1 atom stereocenters. The van der Waals surface area contributed by atoms with Crippen LogP contribution in [0, 0.1) is 17.6 Å². The van der Waals surface area contributed by atoms with E-state index < -0.39 is 5.91 Å². The largest absolute Gasteiger partial charge is 0.474 e. The van der Waals surface area contributed by atoms with Crippen LogP contribution in [-0.2, 0) is 12.8 Å². The van der Waals surface area contributed by atoms with E-state index in [-0.39, 0.29) is 23.4 Å². The van der Waals surface area contributed by atoms with Crippen molar-refractivity contribution in [2.24, 2.45) is 11.7 Å². The van der Waals surface area contributed by atoms with Crippen LogP contribution in [0.4, 0.5) is 8.78 Å². The Bertz CT molecular complexity index is 1170. The van der Waals surface area contributed by atoms with Gasteiger partial charge in [0.05, 0.1) is 5.56 Å². The van der Waals surface area contributed by atoms with Gasteiger partial charge in [0.2, 0.25) is 0 Å². The van der Waals surface area contributed by atoms with Crippen LogP contribution >= 0.6 is 0 Å². The van der Waals surface area contributed by atoms with Gasteiger partial charge in [-0.15, -0.1) is 0 Å². The third kappa shape index (κ3) is 4.74. The Morgan fingerprint density at radius 2 is 2.00 bits per heavy atom. The van der Waals surface area contributed by atoms with Crippen LogP contribution in [0.25, 0.3) is 10.9 Å². The first kappa shape index (κ1) is 21.9. The highest BCUT2D eigenvalue weighted by Crippen LogP contribution is 2.36. The summed E-state index contributed by atoms with van der Waals surface area (Å²) in [6.45, 7) is 1.80. The summed E-state index contributed by atoms with van der Waals surface area (Å²) in [5.41, 5.74) is 8.28. The lowest BCUT2D eigenvalue weighted by Crippen LogP contribution is -2.44. The first-order valence-corrected chi connectivity index (χ1v) is 11.8. The summed E-state index contributed by atoms with van der Waals surface area (Å²) in [4.78, 5) is 17.4. The Hall–Kier alpha value is -2.93. The van der Waals surface area contributed by atoms with Gasteiger partial charge in [-0.3, -0.25) is 9.69 Å².